The average Bonchev–Trinajstić information content (AvgIpc) is 2.33. The normalized spacial score (nSPS) is 10.4. The number of carbonyl (C=O) groups excluding carboxylic acids is 1. The van der Waals surface area contributed by atoms with Gasteiger partial charge >= 0.3 is 0 Å². The van der Waals surface area contributed by atoms with E-state index in [0.29, 0.717) is 14.6 Å². The third kappa shape index (κ3) is 3.48. The number of aryl methyl sites for hydroxylation is 1. The summed E-state index contributed by atoms with van der Waals surface area (Å²) >= 11 is 10.1. The average molecular weight is 466 g/mol. The summed E-state index contributed by atoms with van der Waals surface area (Å²) in [5.41, 5.74) is 1.33. The van der Waals surface area contributed by atoms with E-state index in [1.165, 1.54) is 12.1 Å². The SMILES string of the molecule is Cc1ccc(C(=O)Nc2c(Br)cc(Br)cc2Br)c(F)c1. The molecule has 0 aliphatic heterocycles. The summed E-state index contributed by atoms with van der Waals surface area (Å²) in [5.74, 6) is -1.03. The molecule has 0 radical (unpaired) electrons. The summed E-state index contributed by atoms with van der Waals surface area (Å²) in [4.78, 5) is 12.1. The number of hydrogen-bond donors (Lipinski definition) is 1. The lowest BCUT2D eigenvalue weighted by Gasteiger charge is -2.11. The minimum Gasteiger partial charge on any atom is -0.320 e. The Kier molecular flexibility index (Phi) is 4.99. The van der Waals surface area contributed by atoms with Crippen molar-refractivity contribution < 1.29 is 9.18 Å². The fraction of sp³-hybridized carbons (Fsp3) is 0.0714. The van der Waals surface area contributed by atoms with Gasteiger partial charge in [-0.15, -0.1) is 0 Å². The van der Waals surface area contributed by atoms with Crippen LogP contribution >= 0.6 is 47.8 Å². The smallest absolute Gasteiger partial charge is 0.258 e. The maximum atomic E-state index is 13.8. The van der Waals surface area contributed by atoms with Gasteiger partial charge < -0.3 is 5.32 Å². The summed E-state index contributed by atoms with van der Waals surface area (Å²) < 4.78 is 16.0. The molecule has 20 heavy (non-hydrogen) atoms. The molecule has 0 aromatic heterocycles. The molecule has 1 amide bonds. The molecule has 0 saturated carbocycles. The highest BCUT2D eigenvalue weighted by molar-refractivity contribution is 9.11. The third-order valence-corrected chi connectivity index (χ3v) is 4.32. The lowest BCUT2D eigenvalue weighted by Crippen LogP contribution is -2.14. The third-order valence-electron chi connectivity index (χ3n) is 2.61. The van der Waals surface area contributed by atoms with E-state index in [1.54, 1.807) is 25.1 Å². The molecule has 2 aromatic carbocycles. The summed E-state index contributed by atoms with van der Waals surface area (Å²) in [7, 11) is 0. The molecule has 0 aliphatic carbocycles. The van der Waals surface area contributed by atoms with Gasteiger partial charge in [-0.2, -0.15) is 0 Å². The zero-order valence-electron chi connectivity index (χ0n) is 10.3. The first-order valence-electron chi connectivity index (χ1n) is 5.60. The second-order valence-electron chi connectivity index (χ2n) is 4.18. The second-order valence-corrected chi connectivity index (χ2v) is 6.81. The Morgan fingerprint density at radius 1 is 1.10 bits per heavy atom. The van der Waals surface area contributed by atoms with Crippen LogP contribution in [0.3, 0.4) is 0 Å². The maximum Gasteiger partial charge on any atom is 0.258 e. The first kappa shape index (κ1) is 15.7. The monoisotopic (exact) mass is 463 g/mol. The molecule has 104 valence electrons. The van der Waals surface area contributed by atoms with Gasteiger partial charge in [-0.1, -0.05) is 22.0 Å². The van der Waals surface area contributed by atoms with Crippen LogP contribution < -0.4 is 5.32 Å². The van der Waals surface area contributed by atoms with Crippen LogP contribution in [0.15, 0.2) is 43.7 Å². The molecule has 0 bridgehead atoms. The van der Waals surface area contributed by atoms with E-state index in [2.05, 4.69) is 53.1 Å². The minimum absolute atomic E-state index is 0.0114. The van der Waals surface area contributed by atoms with Gasteiger partial charge in [0.25, 0.3) is 5.91 Å². The van der Waals surface area contributed by atoms with Gasteiger partial charge in [-0.3, -0.25) is 4.79 Å². The highest BCUT2D eigenvalue weighted by Crippen LogP contribution is 2.34. The van der Waals surface area contributed by atoms with Crippen LogP contribution in [0.4, 0.5) is 10.1 Å². The molecule has 6 heteroatoms. The van der Waals surface area contributed by atoms with E-state index in [0.717, 1.165) is 10.0 Å². The number of anilines is 1. The molecule has 1 N–H and O–H groups in total. The summed E-state index contributed by atoms with van der Waals surface area (Å²) in [6.45, 7) is 1.77. The summed E-state index contributed by atoms with van der Waals surface area (Å²) in [6.07, 6.45) is 0. The van der Waals surface area contributed by atoms with Crippen molar-refractivity contribution in [3.05, 3.63) is 60.7 Å². The lowest BCUT2D eigenvalue weighted by molar-refractivity contribution is 0.102. The van der Waals surface area contributed by atoms with E-state index < -0.39 is 11.7 Å². The standard InChI is InChI=1S/C14H9Br3FNO/c1-7-2-3-9(12(18)4-7)14(20)19-13-10(16)5-8(15)6-11(13)17/h2-6H,1H3,(H,19,20). The quantitative estimate of drug-likeness (QED) is 0.608. The van der Waals surface area contributed by atoms with Crippen molar-refractivity contribution in [2.75, 3.05) is 5.32 Å². The minimum atomic E-state index is -0.535. The molecule has 0 fully saturated rings. The van der Waals surface area contributed by atoms with E-state index in [1.807, 2.05) is 0 Å². The molecule has 0 unspecified atom stereocenters. The topological polar surface area (TPSA) is 29.1 Å². The van der Waals surface area contributed by atoms with Crippen molar-refractivity contribution in [3.63, 3.8) is 0 Å². The van der Waals surface area contributed by atoms with E-state index in [4.69, 9.17) is 0 Å². The molecule has 0 saturated heterocycles. The van der Waals surface area contributed by atoms with E-state index in [9.17, 15) is 9.18 Å². The first-order chi connectivity index (χ1) is 9.38. The van der Waals surface area contributed by atoms with Gasteiger partial charge in [0.1, 0.15) is 5.82 Å². The molecule has 0 heterocycles. The van der Waals surface area contributed by atoms with Gasteiger partial charge in [0.15, 0.2) is 0 Å². The van der Waals surface area contributed by atoms with Gasteiger partial charge in [-0.25, -0.2) is 4.39 Å². The first-order valence-corrected chi connectivity index (χ1v) is 7.98. The second kappa shape index (κ2) is 6.37. The van der Waals surface area contributed by atoms with Crippen LogP contribution in [0.5, 0.6) is 0 Å². The number of nitrogens with one attached hydrogen (secondary N) is 1. The van der Waals surface area contributed by atoms with Gasteiger partial charge in [0.2, 0.25) is 0 Å². The van der Waals surface area contributed by atoms with Gasteiger partial charge in [0.05, 0.1) is 11.3 Å². The van der Waals surface area contributed by atoms with Crippen molar-refractivity contribution in [3.8, 4) is 0 Å². The number of carbonyl (C=O) groups is 1. The molecular formula is C14H9Br3FNO. The molecule has 0 atom stereocenters. The Morgan fingerprint density at radius 2 is 1.70 bits per heavy atom. The summed E-state index contributed by atoms with van der Waals surface area (Å²) in [6, 6.07) is 8.10. The molecule has 0 aliphatic rings. The molecule has 2 aromatic rings. The van der Waals surface area contributed by atoms with Crippen molar-refractivity contribution >= 4 is 59.4 Å². The highest BCUT2D eigenvalue weighted by atomic mass is 79.9. The number of halogens is 4. The molecule has 2 rings (SSSR count). The lowest BCUT2D eigenvalue weighted by atomic mass is 10.1. The summed E-state index contributed by atoms with van der Waals surface area (Å²) in [5, 5.41) is 2.69. The van der Waals surface area contributed by atoms with Crippen molar-refractivity contribution in [2.45, 2.75) is 6.92 Å². The number of rotatable bonds is 2. The Balaban J connectivity index is 2.33. The molecule has 2 nitrogen and oxygen atoms in total. The fourth-order valence-corrected chi connectivity index (χ4v) is 4.10. The van der Waals surface area contributed by atoms with Crippen LogP contribution in [0.25, 0.3) is 0 Å². The van der Waals surface area contributed by atoms with E-state index >= 15 is 0 Å². The van der Waals surface area contributed by atoms with Crippen LogP contribution in [0.1, 0.15) is 15.9 Å². The Hall–Kier alpha value is -0.720. The van der Waals surface area contributed by atoms with Gasteiger partial charge in [-0.05, 0) is 68.6 Å². The zero-order chi connectivity index (χ0) is 14.9. The largest absolute Gasteiger partial charge is 0.320 e. The van der Waals surface area contributed by atoms with Crippen LogP contribution in [-0.4, -0.2) is 5.91 Å². The number of benzene rings is 2. The van der Waals surface area contributed by atoms with Crippen molar-refractivity contribution in [1.29, 1.82) is 0 Å². The Bertz CT molecular complexity index is 665. The van der Waals surface area contributed by atoms with Crippen LogP contribution in [0.2, 0.25) is 0 Å². The zero-order valence-corrected chi connectivity index (χ0v) is 15.1. The fourth-order valence-electron chi connectivity index (χ4n) is 1.65. The van der Waals surface area contributed by atoms with Crippen LogP contribution in [-0.2, 0) is 0 Å². The Labute approximate surface area is 141 Å². The van der Waals surface area contributed by atoms with E-state index in [-0.39, 0.29) is 5.56 Å². The number of hydrogen-bond acceptors (Lipinski definition) is 1. The van der Waals surface area contributed by atoms with Gasteiger partial charge in [0, 0.05) is 13.4 Å². The Morgan fingerprint density at radius 3 is 2.25 bits per heavy atom. The predicted molar refractivity (Wildman–Crippen MR) is 88.6 cm³/mol. The predicted octanol–water partition coefficient (Wildman–Crippen LogP) is 5.67. The molecule has 0 spiro atoms. The van der Waals surface area contributed by atoms with Crippen LogP contribution in [0, 0.1) is 12.7 Å². The maximum absolute atomic E-state index is 13.8. The van der Waals surface area contributed by atoms with Crippen molar-refractivity contribution in [2.24, 2.45) is 0 Å². The highest BCUT2D eigenvalue weighted by Gasteiger charge is 2.15. The number of amides is 1. The van der Waals surface area contributed by atoms with Crippen molar-refractivity contribution in [1.82, 2.24) is 0 Å². The molecular weight excluding hydrogens is 457 g/mol.